The summed E-state index contributed by atoms with van der Waals surface area (Å²) in [5.74, 6) is -3.31. The van der Waals surface area contributed by atoms with Gasteiger partial charge < -0.3 is 15.1 Å². The van der Waals surface area contributed by atoms with E-state index in [9.17, 15) is 23.2 Å². The lowest BCUT2D eigenvalue weighted by molar-refractivity contribution is -0.146. The summed E-state index contributed by atoms with van der Waals surface area (Å²) in [5, 5.41) is 2.77. The summed E-state index contributed by atoms with van der Waals surface area (Å²) < 4.78 is 27.3. The molecule has 3 amide bonds. The zero-order chi connectivity index (χ0) is 20.5. The van der Waals surface area contributed by atoms with Crippen LogP contribution in [0.5, 0.6) is 0 Å². The van der Waals surface area contributed by atoms with E-state index in [1.807, 2.05) is 6.07 Å². The molecular formula is C21H19F2N3O3. The number of amides is 3. The summed E-state index contributed by atoms with van der Waals surface area (Å²) >= 11 is 0. The monoisotopic (exact) mass is 399 g/mol. The number of carbonyl (C=O) groups excluding carboxylic acids is 3. The lowest BCUT2D eigenvalue weighted by Gasteiger charge is -2.36. The SMILES string of the molecule is O=C1NCCN(C(=O)[C@@H]2CC(=O)N(c3ccc(F)cc3F)C2)[C@@H]1c1ccccc1. The van der Waals surface area contributed by atoms with Gasteiger partial charge in [-0.3, -0.25) is 14.4 Å². The molecule has 0 spiro atoms. The fourth-order valence-electron chi connectivity index (χ4n) is 3.91. The number of nitrogens with zero attached hydrogens (tertiary/aromatic N) is 2. The molecular weight excluding hydrogens is 380 g/mol. The van der Waals surface area contributed by atoms with Crippen LogP contribution in [0.1, 0.15) is 18.0 Å². The summed E-state index contributed by atoms with van der Waals surface area (Å²) in [5.41, 5.74) is 0.631. The molecule has 2 atom stereocenters. The molecule has 0 radical (unpaired) electrons. The van der Waals surface area contributed by atoms with Gasteiger partial charge in [0.25, 0.3) is 0 Å². The average Bonchev–Trinajstić information content (AvgIpc) is 3.09. The highest BCUT2D eigenvalue weighted by Crippen LogP contribution is 2.31. The van der Waals surface area contributed by atoms with Gasteiger partial charge in [0, 0.05) is 32.1 Å². The van der Waals surface area contributed by atoms with Crippen LogP contribution in [-0.2, 0) is 14.4 Å². The first-order valence-electron chi connectivity index (χ1n) is 9.34. The van der Waals surface area contributed by atoms with Crippen LogP contribution < -0.4 is 10.2 Å². The molecule has 150 valence electrons. The maximum atomic E-state index is 14.1. The van der Waals surface area contributed by atoms with Crippen LogP contribution in [0, 0.1) is 17.6 Å². The van der Waals surface area contributed by atoms with Crippen molar-refractivity contribution in [3.05, 3.63) is 65.7 Å². The third-order valence-electron chi connectivity index (χ3n) is 5.29. The number of carbonyl (C=O) groups is 3. The molecule has 1 N–H and O–H groups in total. The van der Waals surface area contributed by atoms with Gasteiger partial charge in [-0.05, 0) is 17.7 Å². The van der Waals surface area contributed by atoms with Gasteiger partial charge in [-0.25, -0.2) is 8.78 Å². The van der Waals surface area contributed by atoms with Crippen LogP contribution in [0.3, 0.4) is 0 Å². The quantitative estimate of drug-likeness (QED) is 0.859. The zero-order valence-corrected chi connectivity index (χ0v) is 15.5. The largest absolute Gasteiger partial charge is 0.352 e. The number of hydrogen-bond donors (Lipinski definition) is 1. The smallest absolute Gasteiger partial charge is 0.247 e. The van der Waals surface area contributed by atoms with Gasteiger partial charge >= 0.3 is 0 Å². The van der Waals surface area contributed by atoms with Crippen LogP contribution in [0.15, 0.2) is 48.5 Å². The first-order chi connectivity index (χ1) is 14.0. The van der Waals surface area contributed by atoms with Crippen LogP contribution in [-0.4, -0.2) is 42.3 Å². The lowest BCUT2D eigenvalue weighted by Crippen LogP contribution is -2.53. The molecule has 0 saturated carbocycles. The zero-order valence-electron chi connectivity index (χ0n) is 15.5. The Kier molecular flexibility index (Phi) is 5.00. The molecule has 0 aliphatic carbocycles. The number of rotatable bonds is 3. The number of hydrogen-bond acceptors (Lipinski definition) is 3. The van der Waals surface area contributed by atoms with E-state index in [-0.39, 0.29) is 30.5 Å². The standard InChI is InChI=1S/C21H19F2N3O3/c22-15-6-7-17(16(23)11-15)26-12-14(10-18(26)27)21(29)25-9-8-24-20(28)19(25)13-4-2-1-3-5-13/h1-7,11,14,19H,8-10,12H2,(H,24,28)/t14-,19-/m1/s1. The van der Waals surface area contributed by atoms with E-state index in [1.165, 1.54) is 15.9 Å². The number of benzene rings is 2. The Labute approximate surface area is 166 Å². The summed E-state index contributed by atoms with van der Waals surface area (Å²) in [6.07, 6.45) is -0.0880. The van der Waals surface area contributed by atoms with Crippen molar-refractivity contribution in [1.29, 1.82) is 0 Å². The molecule has 0 aromatic heterocycles. The third kappa shape index (κ3) is 3.57. The topological polar surface area (TPSA) is 69.7 Å². The summed E-state index contributed by atoms with van der Waals surface area (Å²) in [6.45, 7) is 0.629. The van der Waals surface area contributed by atoms with Gasteiger partial charge in [0.2, 0.25) is 17.7 Å². The van der Waals surface area contributed by atoms with Crippen molar-refractivity contribution in [1.82, 2.24) is 10.2 Å². The van der Waals surface area contributed by atoms with E-state index in [1.54, 1.807) is 24.3 Å². The highest BCUT2D eigenvalue weighted by Gasteiger charge is 2.42. The maximum absolute atomic E-state index is 14.1. The first-order valence-corrected chi connectivity index (χ1v) is 9.34. The van der Waals surface area contributed by atoms with Gasteiger partial charge in [-0.15, -0.1) is 0 Å². The predicted octanol–water partition coefficient (Wildman–Crippen LogP) is 2.02. The fraction of sp³-hybridized carbons (Fsp3) is 0.286. The second-order valence-electron chi connectivity index (χ2n) is 7.14. The van der Waals surface area contributed by atoms with Crippen LogP contribution in [0.4, 0.5) is 14.5 Å². The van der Waals surface area contributed by atoms with Crippen molar-refractivity contribution in [2.24, 2.45) is 5.92 Å². The highest BCUT2D eigenvalue weighted by atomic mass is 19.1. The van der Waals surface area contributed by atoms with E-state index < -0.39 is 29.5 Å². The molecule has 2 fully saturated rings. The number of halogens is 2. The maximum Gasteiger partial charge on any atom is 0.247 e. The van der Waals surface area contributed by atoms with Crippen LogP contribution >= 0.6 is 0 Å². The van der Waals surface area contributed by atoms with Crippen LogP contribution in [0.25, 0.3) is 0 Å². The van der Waals surface area contributed by atoms with Gasteiger partial charge in [0.1, 0.15) is 17.7 Å². The van der Waals surface area contributed by atoms with Crippen molar-refractivity contribution in [2.45, 2.75) is 12.5 Å². The first kappa shape index (κ1) is 19.0. The number of piperazine rings is 1. The Hall–Kier alpha value is -3.29. The van der Waals surface area contributed by atoms with E-state index in [4.69, 9.17) is 0 Å². The van der Waals surface area contributed by atoms with Crippen molar-refractivity contribution in [3.8, 4) is 0 Å². The minimum atomic E-state index is -0.856. The average molecular weight is 399 g/mol. The molecule has 4 rings (SSSR count). The number of anilines is 1. The molecule has 0 bridgehead atoms. The molecule has 2 aromatic carbocycles. The predicted molar refractivity (Wildman–Crippen MR) is 101 cm³/mol. The Balaban J connectivity index is 1.57. The minimum Gasteiger partial charge on any atom is -0.352 e. The molecule has 2 aromatic rings. The Morgan fingerprint density at radius 3 is 2.55 bits per heavy atom. The van der Waals surface area contributed by atoms with E-state index >= 15 is 0 Å². The Morgan fingerprint density at radius 1 is 1.07 bits per heavy atom. The summed E-state index contributed by atoms with van der Waals surface area (Å²) in [4.78, 5) is 40.8. The van der Waals surface area contributed by atoms with Gasteiger partial charge in [0.05, 0.1) is 11.6 Å². The van der Waals surface area contributed by atoms with Crippen LogP contribution in [0.2, 0.25) is 0 Å². The van der Waals surface area contributed by atoms with Gasteiger partial charge in [-0.2, -0.15) is 0 Å². The highest BCUT2D eigenvalue weighted by molar-refractivity contribution is 6.01. The molecule has 2 aliphatic rings. The number of nitrogens with one attached hydrogen (secondary N) is 1. The summed E-state index contributed by atoms with van der Waals surface area (Å²) in [7, 11) is 0. The van der Waals surface area contributed by atoms with Gasteiger partial charge in [-0.1, -0.05) is 30.3 Å². The molecule has 8 heteroatoms. The third-order valence-corrected chi connectivity index (χ3v) is 5.29. The van der Waals surface area contributed by atoms with Crippen molar-refractivity contribution in [2.75, 3.05) is 24.5 Å². The molecule has 2 aliphatic heterocycles. The van der Waals surface area contributed by atoms with Gasteiger partial charge in [0.15, 0.2) is 0 Å². The molecule has 6 nitrogen and oxygen atoms in total. The minimum absolute atomic E-state index is 0.0140. The molecule has 2 heterocycles. The van der Waals surface area contributed by atoms with E-state index in [0.717, 1.165) is 6.07 Å². The van der Waals surface area contributed by atoms with Crippen molar-refractivity contribution < 1.29 is 23.2 Å². The molecule has 29 heavy (non-hydrogen) atoms. The van der Waals surface area contributed by atoms with Crippen molar-refractivity contribution >= 4 is 23.4 Å². The second kappa shape index (κ2) is 7.62. The van der Waals surface area contributed by atoms with E-state index in [0.29, 0.717) is 24.7 Å². The normalized spacial score (nSPS) is 22.0. The van der Waals surface area contributed by atoms with Crippen molar-refractivity contribution in [3.63, 3.8) is 0 Å². The summed E-state index contributed by atoms with van der Waals surface area (Å²) in [6, 6.07) is 11.1. The lowest BCUT2D eigenvalue weighted by atomic mass is 9.99. The molecule has 2 saturated heterocycles. The second-order valence-corrected chi connectivity index (χ2v) is 7.14. The van der Waals surface area contributed by atoms with E-state index in [2.05, 4.69) is 5.32 Å². The Morgan fingerprint density at radius 2 is 1.83 bits per heavy atom. The fourth-order valence-corrected chi connectivity index (χ4v) is 3.91. The Bertz CT molecular complexity index is 967. The molecule has 0 unspecified atom stereocenters.